The van der Waals surface area contributed by atoms with Crippen molar-refractivity contribution in [3.05, 3.63) is 48.0 Å². The molecule has 5 nitrogen and oxygen atoms in total. The maximum atomic E-state index is 12.7. The normalized spacial score (nSPS) is 12.7. The minimum absolute atomic E-state index is 0.268. The minimum atomic E-state index is -4.44. The summed E-state index contributed by atoms with van der Waals surface area (Å²) in [5.41, 5.74) is 6.17. The molecule has 0 radical (unpaired) electrons. The lowest BCUT2D eigenvalue weighted by molar-refractivity contribution is -0.137. The van der Waals surface area contributed by atoms with Crippen molar-refractivity contribution in [1.29, 1.82) is 0 Å². The summed E-state index contributed by atoms with van der Waals surface area (Å²) in [5, 5.41) is 4.54. The van der Waals surface area contributed by atoms with E-state index in [2.05, 4.69) is 5.10 Å². The number of nitrogens with zero attached hydrogens (tertiary/aromatic N) is 2. The van der Waals surface area contributed by atoms with Gasteiger partial charge in [0.05, 0.1) is 17.3 Å². The maximum absolute atomic E-state index is 12.7. The van der Waals surface area contributed by atoms with Gasteiger partial charge in [0.1, 0.15) is 5.69 Å². The Kier molecular flexibility index (Phi) is 3.56. The zero-order valence-electron chi connectivity index (χ0n) is 12.4. The smallest absolute Gasteiger partial charge is 0.399 e. The maximum Gasteiger partial charge on any atom is 0.416 e. The van der Waals surface area contributed by atoms with Gasteiger partial charge in [0.2, 0.25) is 0 Å². The van der Waals surface area contributed by atoms with Gasteiger partial charge >= 0.3 is 6.18 Å². The standard InChI is InChI=1S/C15H12F3N3O2S/c1-24(22,23)21-13-8-11(19)6-7-12(13)14(20-21)9-2-4-10(5-3-9)15(16,17)18/h2-8H,19H2,1H3. The number of fused-ring (bicyclic) bond motifs is 1. The molecule has 0 amide bonds. The van der Waals surface area contributed by atoms with Gasteiger partial charge in [0.15, 0.2) is 0 Å². The van der Waals surface area contributed by atoms with E-state index in [1.807, 2.05) is 0 Å². The average molecular weight is 355 g/mol. The minimum Gasteiger partial charge on any atom is -0.399 e. The number of nitrogens with two attached hydrogens (primary N) is 1. The first-order chi connectivity index (χ1) is 11.1. The van der Waals surface area contributed by atoms with Gasteiger partial charge in [-0.1, -0.05) is 12.1 Å². The molecule has 3 rings (SSSR count). The Labute approximate surface area is 135 Å². The second-order valence-electron chi connectivity index (χ2n) is 5.31. The zero-order valence-corrected chi connectivity index (χ0v) is 13.2. The number of anilines is 1. The molecule has 3 aromatic rings. The Morgan fingerprint density at radius 3 is 2.25 bits per heavy atom. The molecule has 0 saturated heterocycles. The molecule has 2 N–H and O–H groups in total. The fraction of sp³-hybridized carbons (Fsp3) is 0.133. The van der Waals surface area contributed by atoms with E-state index in [4.69, 9.17) is 5.73 Å². The van der Waals surface area contributed by atoms with Crippen molar-refractivity contribution >= 4 is 26.6 Å². The predicted octanol–water partition coefficient (Wildman–Crippen LogP) is 3.11. The third-order valence-electron chi connectivity index (χ3n) is 3.47. The second kappa shape index (κ2) is 5.23. The van der Waals surface area contributed by atoms with Crippen LogP contribution in [0, 0.1) is 0 Å². The molecule has 1 heterocycles. The Hall–Kier alpha value is -2.55. The number of hydrogen-bond acceptors (Lipinski definition) is 4. The Balaban J connectivity index is 2.24. The van der Waals surface area contributed by atoms with Crippen molar-refractivity contribution in [3.8, 4) is 11.3 Å². The van der Waals surface area contributed by atoms with Gasteiger partial charge in [0.25, 0.3) is 10.0 Å². The van der Waals surface area contributed by atoms with Crippen LogP contribution in [0.5, 0.6) is 0 Å². The fourth-order valence-corrected chi connectivity index (χ4v) is 3.13. The molecular weight excluding hydrogens is 343 g/mol. The number of halogens is 3. The van der Waals surface area contributed by atoms with Crippen LogP contribution >= 0.6 is 0 Å². The van der Waals surface area contributed by atoms with Crippen molar-refractivity contribution in [2.24, 2.45) is 0 Å². The van der Waals surface area contributed by atoms with E-state index in [1.165, 1.54) is 18.2 Å². The fourth-order valence-electron chi connectivity index (χ4n) is 2.39. The molecule has 2 aromatic carbocycles. The summed E-state index contributed by atoms with van der Waals surface area (Å²) in [7, 11) is -3.69. The van der Waals surface area contributed by atoms with Gasteiger partial charge in [0, 0.05) is 16.6 Å². The Morgan fingerprint density at radius 1 is 1.08 bits per heavy atom. The molecule has 0 bridgehead atoms. The number of nitrogen functional groups attached to an aromatic ring is 1. The van der Waals surface area contributed by atoms with E-state index in [0.717, 1.165) is 22.5 Å². The third-order valence-corrected chi connectivity index (χ3v) is 4.38. The van der Waals surface area contributed by atoms with Crippen molar-refractivity contribution in [3.63, 3.8) is 0 Å². The molecule has 0 spiro atoms. The second-order valence-corrected chi connectivity index (χ2v) is 7.12. The molecular formula is C15H12F3N3O2S. The van der Waals surface area contributed by atoms with Crippen LogP contribution in [0.2, 0.25) is 0 Å². The molecule has 1 aromatic heterocycles. The summed E-state index contributed by atoms with van der Waals surface area (Å²) in [6, 6.07) is 8.99. The largest absolute Gasteiger partial charge is 0.416 e. The van der Waals surface area contributed by atoms with Crippen molar-refractivity contribution in [2.75, 3.05) is 12.0 Å². The highest BCUT2D eigenvalue weighted by Gasteiger charge is 2.30. The summed E-state index contributed by atoms with van der Waals surface area (Å²) in [6.45, 7) is 0. The van der Waals surface area contributed by atoms with Crippen molar-refractivity contribution in [1.82, 2.24) is 9.19 Å². The van der Waals surface area contributed by atoms with E-state index in [0.29, 0.717) is 16.6 Å². The lowest BCUT2D eigenvalue weighted by Gasteiger charge is -2.06. The molecule has 0 aliphatic rings. The zero-order chi connectivity index (χ0) is 17.7. The molecule has 0 atom stereocenters. The quantitative estimate of drug-likeness (QED) is 0.717. The summed E-state index contributed by atoms with van der Waals surface area (Å²) in [6.07, 6.45) is -3.46. The molecule has 24 heavy (non-hydrogen) atoms. The van der Waals surface area contributed by atoms with Crippen LogP contribution in [0.3, 0.4) is 0 Å². The van der Waals surface area contributed by atoms with Gasteiger partial charge in [-0.15, -0.1) is 0 Å². The highest BCUT2D eigenvalue weighted by atomic mass is 32.2. The van der Waals surface area contributed by atoms with Gasteiger partial charge in [-0.2, -0.15) is 22.4 Å². The molecule has 0 saturated carbocycles. The Bertz CT molecular complexity index is 1020. The average Bonchev–Trinajstić information content (AvgIpc) is 2.85. The molecule has 0 unspecified atom stereocenters. The summed E-state index contributed by atoms with van der Waals surface area (Å²) >= 11 is 0. The number of rotatable bonds is 2. The molecule has 126 valence electrons. The van der Waals surface area contributed by atoms with Crippen molar-refractivity contribution < 1.29 is 21.6 Å². The van der Waals surface area contributed by atoms with Gasteiger partial charge in [-0.25, -0.2) is 8.42 Å². The van der Waals surface area contributed by atoms with Gasteiger partial charge < -0.3 is 5.73 Å². The number of hydrogen-bond donors (Lipinski definition) is 1. The summed E-state index contributed by atoms with van der Waals surface area (Å²) < 4.78 is 62.6. The molecule has 0 aliphatic carbocycles. The van der Waals surface area contributed by atoms with Gasteiger partial charge in [-0.3, -0.25) is 0 Å². The van der Waals surface area contributed by atoms with Crippen LogP contribution in [-0.2, 0) is 16.2 Å². The van der Waals surface area contributed by atoms with Crippen LogP contribution in [-0.4, -0.2) is 23.9 Å². The van der Waals surface area contributed by atoms with E-state index in [9.17, 15) is 21.6 Å². The SMILES string of the molecule is CS(=O)(=O)n1nc(-c2ccc(C(F)(F)F)cc2)c2ccc(N)cc21. The predicted molar refractivity (Wildman–Crippen MR) is 84.8 cm³/mol. The van der Waals surface area contributed by atoms with Crippen LogP contribution < -0.4 is 5.73 Å². The van der Waals surface area contributed by atoms with Crippen LogP contribution in [0.1, 0.15) is 5.56 Å². The highest BCUT2D eigenvalue weighted by Crippen LogP contribution is 2.33. The first-order valence-corrected chi connectivity index (χ1v) is 8.58. The van der Waals surface area contributed by atoms with E-state index in [1.54, 1.807) is 12.1 Å². The first-order valence-electron chi connectivity index (χ1n) is 6.74. The van der Waals surface area contributed by atoms with Crippen molar-refractivity contribution in [2.45, 2.75) is 6.18 Å². The summed E-state index contributed by atoms with van der Waals surface area (Å²) in [4.78, 5) is 0. The van der Waals surface area contributed by atoms with Crippen LogP contribution in [0.25, 0.3) is 22.2 Å². The third kappa shape index (κ3) is 2.82. The monoisotopic (exact) mass is 355 g/mol. The highest BCUT2D eigenvalue weighted by molar-refractivity contribution is 7.89. The van der Waals surface area contributed by atoms with Gasteiger partial charge in [-0.05, 0) is 30.3 Å². The molecule has 0 aliphatic heterocycles. The Morgan fingerprint density at radius 2 is 1.71 bits per heavy atom. The molecule has 0 fully saturated rings. The topological polar surface area (TPSA) is 78.0 Å². The number of aromatic nitrogens is 2. The number of alkyl halides is 3. The first kappa shape index (κ1) is 16.3. The van der Waals surface area contributed by atoms with E-state index < -0.39 is 21.8 Å². The lowest BCUT2D eigenvalue weighted by atomic mass is 10.1. The van der Waals surface area contributed by atoms with Crippen LogP contribution in [0.15, 0.2) is 42.5 Å². The van der Waals surface area contributed by atoms with Crippen LogP contribution in [0.4, 0.5) is 18.9 Å². The van der Waals surface area contributed by atoms with E-state index >= 15 is 0 Å². The number of benzene rings is 2. The lowest BCUT2D eigenvalue weighted by Crippen LogP contribution is -2.11. The molecule has 9 heteroatoms. The summed E-state index contributed by atoms with van der Waals surface area (Å²) in [5.74, 6) is 0. The van der Waals surface area contributed by atoms with E-state index in [-0.39, 0.29) is 11.2 Å².